The molecule has 0 aliphatic heterocycles. The van der Waals surface area contributed by atoms with Crippen LogP contribution in [0, 0.1) is 0 Å². The number of esters is 1. The number of carbonyl (C=O) groups is 1. The highest BCUT2D eigenvalue weighted by molar-refractivity contribution is 5.81. The van der Waals surface area contributed by atoms with Crippen LogP contribution in [-0.2, 0) is 9.53 Å². The van der Waals surface area contributed by atoms with Gasteiger partial charge < -0.3 is 4.74 Å². The standard InChI is InChI=1S/C18H22O2/c1-4-15(3)10-9-13-17(14-20-18(19)5-2)16-11-7-6-8-12-16/h4-8,11-12,17H,1-3,9-10,13-14H2. The molecule has 2 nitrogen and oxygen atoms in total. The minimum atomic E-state index is -0.374. The zero-order valence-corrected chi connectivity index (χ0v) is 11.9. The first kappa shape index (κ1) is 16.0. The molecule has 0 bridgehead atoms. The summed E-state index contributed by atoms with van der Waals surface area (Å²) in [6.45, 7) is 11.4. The van der Waals surface area contributed by atoms with Crippen molar-refractivity contribution in [3.05, 3.63) is 73.4 Å². The van der Waals surface area contributed by atoms with Crippen LogP contribution in [0.5, 0.6) is 0 Å². The van der Waals surface area contributed by atoms with Crippen LogP contribution in [0.25, 0.3) is 0 Å². The summed E-state index contributed by atoms with van der Waals surface area (Å²) in [4.78, 5) is 11.2. The van der Waals surface area contributed by atoms with Crippen molar-refractivity contribution in [2.24, 2.45) is 0 Å². The van der Waals surface area contributed by atoms with Crippen molar-refractivity contribution in [1.82, 2.24) is 0 Å². The van der Waals surface area contributed by atoms with E-state index in [-0.39, 0.29) is 11.9 Å². The quantitative estimate of drug-likeness (QED) is 0.377. The normalized spacial score (nSPS) is 11.4. The van der Waals surface area contributed by atoms with Crippen LogP contribution in [0.4, 0.5) is 0 Å². The van der Waals surface area contributed by atoms with E-state index in [0.717, 1.165) is 24.8 Å². The number of ether oxygens (including phenoxy) is 1. The molecule has 0 aromatic heterocycles. The van der Waals surface area contributed by atoms with Gasteiger partial charge in [0.15, 0.2) is 0 Å². The van der Waals surface area contributed by atoms with E-state index in [9.17, 15) is 4.79 Å². The lowest BCUT2D eigenvalue weighted by molar-refractivity contribution is -0.138. The molecule has 0 saturated heterocycles. The molecule has 0 spiro atoms. The summed E-state index contributed by atoms with van der Waals surface area (Å²) in [6.07, 6.45) is 5.84. The molecule has 0 heterocycles. The Balaban J connectivity index is 2.59. The smallest absolute Gasteiger partial charge is 0.330 e. The minimum Gasteiger partial charge on any atom is -0.462 e. The average molecular weight is 270 g/mol. The van der Waals surface area contributed by atoms with Gasteiger partial charge in [-0.2, -0.15) is 0 Å². The van der Waals surface area contributed by atoms with E-state index in [1.165, 1.54) is 11.6 Å². The number of hydrogen-bond donors (Lipinski definition) is 0. The summed E-state index contributed by atoms with van der Waals surface area (Å²) in [7, 11) is 0. The largest absolute Gasteiger partial charge is 0.462 e. The monoisotopic (exact) mass is 270 g/mol. The number of carbonyl (C=O) groups excluding carboxylic acids is 1. The van der Waals surface area contributed by atoms with Gasteiger partial charge in [0, 0.05) is 12.0 Å². The lowest BCUT2D eigenvalue weighted by Crippen LogP contribution is -2.11. The van der Waals surface area contributed by atoms with Gasteiger partial charge in [0.2, 0.25) is 0 Å². The molecule has 1 aromatic rings. The number of rotatable bonds is 9. The number of allylic oxidation sites excluding steroid dienone is 2. The molecule has 0 N–H and O–H groups in total. The van der Waals surface area contributed by atoms with E-state index >= 15 is 0 Å². The first-order valence-electron chi connectivity index (χ1n) is 6.81. The fraction of sp³-hybridized carbons (Fsp3) is 0.278. The van der Waals surface area contributed by atoms with Gasteiger partial charge in [-0.3, -0.25) is 0 Å². The van der Waals surface area contributed by atoms with Gasteiger partial charge in [-0.25, -0.2) is 4.79 Å². The van der Waals surface area contributed by atoms with Crippen molar-refractivity contribution < 1.29 is 9.53 Å². The van der Waals surface area contributed by atoms with E-state index in [0.29, 0.717) is 6.61 Å². The summed E-state index contributed by atoms with van der Waals surface area (Å²) in [6, 6.07) is 10.1. The molecule has 20 heavy (non-hydrogen) atoms. The second-order valence-electron chi connectivity index (χ2n) is 4.70. The third kappa shape index (κ3) is 5.70. The van der Waals surface area contributed by atoms with E-state index in [1.54, 1.807) is 6.08 Å². The summed E-state index contributed by atoms with van der Waals surface area (Å²) in [5.74, 6) is -0.167. The molecule has 2 heteroatoms. The Morgan fingerprint density at radius 1 is 1.20 bits per heavy atom. The zero-order chi connectivity index (χ0) is 14.8. The van der Waals surface area contributed by atoms with Crippen LogP contribution >= 0.6 is 0 Å². The van der Waals surface area contributed by atoms with Crippen molar-refractivity contribution >= 4 is 5.97 Å². The summed E-state index contributed by atoms with van der Waals surface area (Å²) >= 11 is 0. The van der Waals surface area contributed by atoms with Gasteiger partial charge in [0.1, 0.15) is 0 Å². The fourth-order valence-electron chi connectivity index (χ4n) is 1.99. The van der Waals surface area contributed by atoms with Gasteiger partial charge in [0.05, 0.1) is 6.61 Å². The second kappa shape index (κ2) is 8.92. The number of benzene rings is 1. The minimum absolute atomic E-state index is 0.206. The zero-order valence-electron chi connectivity index (χ0n) is 11.9. The third-order valence-corrected chi connectivity index (χ3v) is 3.20. The molecule has 0 aliphatic rings. The second-order valence-corrected chi connectivity index (χ2v) is 4.70. The Bertz CT molecular complexity index is 460. The van der Waals surface area contributed by atoms with Crippen LogP contribution in [0.3, 0.4) is 0 Å². The lowest BCUT2D eigenvalue weighted by Gasteiger charge is -2.17. The maximum atomic E-state index is 11.2. The SMILES string of the molecule is C=CC(=C)CCCC(COC(=O)C=C)c1ccccc1. The molecule has 1 rings (SSSR count). The molecule has 0 amide bonds. The predicted molar refractivity (Wildman–Crippen MR) is 83.5 cm³/mol. The van der Waals surface area contributed by atoms with Crippen molar-refractivity contribution in [2.45, 2.75) is 25.2 Å². The van der Waals surface area contributed by atoms with E-state index in [1.807, 2.05) is 18.2 Å². The van der Waals surface area contributed by atoms with E-state index in [4.69, 9.17) is 4.74 Å². The number of hydrogen-bond acceptors (Lipinski definition) is 2. The fourth-order valence-corrected chi connectivity index (χ4v) is 1.99. The molecule has 1 atom stereocenters. The third-order valence-electron chi connectivity index (χ3n) is 3.20. The van der Waals surface area contributed by atoms with Crippen LogP contribution < -0.4 is 0 Å². The van der Waals surface area contributed by atoms with Crippen molar-refractivity contribution in [3.8, 4) is 0 Å². The van der Waals surface area contributed by atoms with Gasteiger partial charge in [-0.05, 0) is 24.8 Å². The molecule has 0 aliphatic carbocycles. The molecule has 106 valence electrons. The Hall–Kier alpha value is -2.09. The Kier molecular flexibility index (Phi) is 7.12. The summed E-state index contributed by atoms with van der Waals surface area (Å²) in [5.41, 5.74) is 2.23. The first-order chi connectivity index (χ1) is 9.67. The summed E-state index contributed by atoms with van der Waals surface area (Å²) in [5, 5.41) is 0. The molecule has 0 saturated carbocycles. The predicted octanol–water partition coefficient (Wildman–Crippen LogP) is 4.41. The van der Waals surface area contributed by atoms with E-state index in [2.05, 4.69) is 31.9 Å². The van der Waals surface area contributed by atoms with Crippen LogP contribution in [0.2, 0.25) is 0 Å². The highest BCUT2D eigenvalue weighted by Crippen LogP contribution is 2.23. The van der Waals surface area contributed by atoms with Crippen LogP contribution in [0.1, 0.15) is 30.7 Å². The van der Waals surface area contributed by atoms with Crippen molar-refractivity contribution in [1.29, 1.82) is 0 Å². The Labute approximate surface area is 121 Å². The molecule has 0 fully saturated rings. The van der Waals surface area contributed by atoms with Gasteiger partial charge in [-0.1, -0.05) is 61.7 Å². The van der Waals surface area contributed by atoms with Crippen LogP contribution in [-0.4, -0.2) is 12.6 Å². The molecule has 0 radical (unpaired) electrons. The van der Waals surface area contributed by atoms with Crippen LogP contribution in [0.15, 0.2) is 67.8 Å². The van der Waals surface area contributed by atoms with Gasteiger partial charge in [0.25, 0.3) is 0 Å². The van der Waals surface area contributed by atoms with Gasteiger partial charge in [-0.15, -0.1) is 0 Å². The summed E-state index contributed by atoms with van der Waals surface area (Å²) < 4.78 is 5.19. The highest BCUT2D eigenvalue weighted by atomic mass is 16.5. The molecule has 1 unspecified atom stereocenters. The molecular formula is C18H22O2. The molecular weight excluding hydrogens is 248 g/mol. The lowest BCUT2D eigenvalue weighted by atomic mass is 9.93. The van der Waals surface area contributed by atoms with E-state index < -0.39 is 0 Å². The Morgan fingerprint density at radius 3 is 2.50 bits per heavy atom. The first-order valence-corrected chi connectivity index (χ1v) is 6.81. The average Bonchev–Trinajstić information content (AvgIpc) is 2.50. The van der Waals surface area contributed by atoms with Crippen molar-refractivity contribution in [3.63, 3.8) is 0 Å². The molecule has 1 aromatic carbocycles. The van der Waals surface area contributed by atoms with Crippen molar-refractivity contribution in [2.75, 3.05) is 6.61 Å². The van der Waals surface area contributed by atoms with Gasteiger partial charge >= 0.3 is 5.97 Å². The maximum absolute atomic E-state index is 11.2. The topological polar surface area (TPSA) is 26.3 Å². The highest BCUT2D eigenvalue weighted by Gasteiger charge is 2.13. The Morgan fingerprint density at radius 2 is 1.90 bits per heavy atom. The maximum Gasteiger partial charge on any atom is 0.330 e.